The van der Waals surface area contributed by atoms with Gasteiger partial charge in [0.2, 0.25) is 5.95 Å². The topological polar surface area (TPSA) is 57.2 Å². The van der Waals surface area contributed by atoms with Crippen molar-refractivity contribution < 1.29 is 0 Å². The van der Waals surface area contributed by atoms with E-state index in [1.165, 1.54) is 30.4 Å². The van der Waals surface area contributed by atoms with Gasteiger partial charge in [-0.1, -0.05) is 55.1 Å². The van der Waals surface area contributed by atoms with Crippen LogP contribution in [0.5, 0.6) is 0 Å². The maximum Gasteiger partial charge on any atom is 0.227 e. The van der Waals surface area contributed by atoms with Gasteiger partial charge in [0, 0.05) is 49.2 Å². The Bertz CT molecular complexity index is 1380. The first-order valence-corrected chi connectivity index (χ1v) is 13.2. The summed E-state index contributed by atoms with van der Waals surface area (Å²) in [5, 5.41) is 3.49. The van der Waals surface area contributed by atoms with Gasteiger partial charge in [-0.15, -0.1) is 0 Å². The van der Waals surface area contributed by atoms with E-state index < -0.39 is 0 Å². The number of benzene rings is 2. The third-order valence-corrected chi connectivity index (χ3v) is 7.24. The second-order valence-corrected chi connectivity index (χ2v) is 9.73. The van der Waals surface area contributed by atoms with Crippen molar-refractivity contribution in [3.05, 3.63) is 102 Å². The highest BCUT2D eigenvalue weighted by atomic mass is 15.3. The molecule has 2 aromatic carbocycles. The SMILES string of the molecule is C=C(NCc1ccccc1)c1cccc(-c2nc(N3CCCCC3)nc3c2CCN3c2cccnc2)c1. The Morgan fingerprint density at radius 1 is 0.892 bits per heavy atom. The Hall–Kier alpha value is -4.19. The van der Waals surface area contributed by atoms with Crippen molar-refractivity contribution in [3.8, 4) is 11.3 Å². The number of fused-ring (bicyclic) bond motifs is 1. The molecular weight excluding hydrogens is 456 g/mol. The molecule has 186 valence electrons. The molecule has 2 aliphatic heterocycles. The zero-order valence-corrected chi connectivity index (χ0v) is 21.1. The van der Waals surface area contributed by atoms with E-state index in [9.17, 15) is 0 Å². The number of piperidine rings is 1. The summed E-state index contributed by atoms with van der Waals surface area (Å²) in [5.74, 6) is 1.83. The molecule has 0 saturated carbocycles. The lowest BCUT2D eigenvalue weighted by Gasteiger charge is -2.28. The molecule has 0 aliphatic carbocycles. The molecule has 6 heteroatoms. The second-order valence-electron chi connectivity index (χ2n) is 9.73. The Morgan fingerprint density at radius 2 is 1.76 bits per heavy atom. The summed E-state index contributed by atoms with van der Waals surface area (Å²) < 4.78 is 0. The fourth-order valence-corrected chi connectivity index (χ4v) is 5.24. The van der Waals surface area contributed by atoms with Crippen molar-refractivity contribution in [2.75, 3.05) is 29.4 Å². The minimum Gasteiger partial charge on any atom is -0.381 e. The van der Waals surface area contributed by atoms with Crippen LogP contribution in [0.1, 0.15) is 36.0 Å². The molecule has 0 spiro atoms. The van der Waals surface area contributed by atoms with Crippen LogP contribution in [0.2, 0.25) is 0 Å². The predicted molar refractivity (Wildman–Crippen MR) is 151 cm³/mol. The quantitative estimate of drug-likeness (QED) is 0.345. The second kappa shape index (κ2) is 10.4. The third-order valence-electron chi connectivity index (χ3n) is 7.24. The average Bonchev–Trinajstić information content (AvgIpc) is 3.41. The van der Waals surface area contributed by atoms with E-state index in [1.54, 1.807) is 0 Å². The minimum atomic E-state index is 0.742. The fraction of sp³-hybridized carbons (Fsp3) is 0.258. The summed E-state index contributed by atoms with van der Waals surface area (Å²) >= 11 is 0. The van der Waals surface area contributed by atoms with Crippen LogP contribution in [0.25, 0.3) is 17.0 Å². The molecule has 1 fully saturated rings. The number of pyridine rings is 1. The van der Waals surface area contributed by atoms with Gasteiger partial charge in [-0.2, -0.15) is 4.98 Å². The summed E-state index contributed by atoms with van der Waals surface area (Å²) in [6, 6.07) is 23.1. The molecular formula is C31H32N6. The highest BCUT2D eigenvalue weighted by Crippen LogP contribution is 2.39. The third kappa shape index (κ3) is 4.92. The van der Waals surface area contributed by atoms with Crippen LogP contribution < -0.4 is 15.1 Å². The number of hydrogen-bond acceptors (Lipinski definition) is 6. The maximum atomic E-state index is 5.18. The summed E-state index contributed by atoms with van der Waals surface area (Å²) in [5.41, 5.74) is 7.61. The molecule has 1 saturated heterocycles. The standard InChI is InChI=1S/C31H32N6/c1-23(33-21-24-10-4-2-5-11-24)25-12-8-13-26(20-25)29-28-15-19-37(27-14-9-16-32-22-27)30(28)35-31(34-29)36-17-6-3-7-18-36/h2,4-5,8-14,16,20,22,33H,1,3,6-7,15,17-19,21H2. The van der Waals surface area contributed by atoms with Crippen LogP contribution in [-0.4, -0.2) is 34.6 Å². The molecule has 37 heavy (non-hydrogen) atoms. The summed E-state index contributed by atoms with van der Waals surface area (Å²) in [6.07, 6.45) is 8.28. The molecule has 0 amide bonds. The van der Waals surface area contributed by atoms with E-state index in [0.29, 0.717) is 0 Å². The Labute approximate surface area is 218 Å². The molecule has 0 atom stereocenters. The van der Waals surface area contributed by atoms with Crippen molar-refractivity contribution in [1.29, 1.82) is 0 Å². The normalized spacial score (nSPS) is 14.9. The van der Waals surface area contributed by atoms with E-state index >= 15 is 0 Å². The number of nitrogens with zero attached hydrogens (tertiary/aromatic N) is 5. The van der Waals surface area contributed by atoms with Crippen molar-refractivity contribution in [2.24, 2.45) is 0 Å². The molecule has 6 rings (SSSR count). The Morgan fingerprint density at radius 3 is 2.57 bits per heavy atom. The number of hydrogen-bond donors (Lipinski definition) is 1. The highest BCUT2D eigenvalue weighted by Gasteiger charge is 2.29. The van der Waals surface area contributed by atoms with Crippen LogP contribution in [0.3, 0.4) is 0 Å². The first kappa shape index (κ1) is 23.2. The zero-order chi connectivity index (χ0) is 25.0. The summed E-state index contributed by atoms with van der Waals surface area (Å²) in [6.45, 7) is 7.95. The van der Waals surface area contributed by atoms with Gasteiger partial charge in [0.1, 0.15) is 5.82 Å². The summed E-state index contributed by atoms with van der Waals surface area (Å²) in [7, 11) is 0. The van der Waals surface area contributed by atoms with Gasteiger partial charge in [-0.05, 0) is 55.0 Å². The van der Waals surface area contributed by atoms with Gasteiger partial charge in [-0.3, -0.25) is 4.98 Å². The predicted octanol–water partition coefficient (Wildman–Crippen LogP) is 5.98. The monoisotopic (exact) mass is 488 g/mol. The van der Waals surface area contributed by atoms with Crippen molar-refractivity contribution in [3.63, 3.8) is 0 Å². The largest absolute Gasteiger partial charge is 0.381 e. The number of anilines is 3. The number of aromatic nitrogens is 3. The van der Waals surface area contributed by atoms with E-state index in [0.717, 1.165) is 72.6 Å². The Balaban J connectivity index is 1.36. The highest BCUT2D eigenvalue weighted by molar-refractivity contribution is 5.78. The van der Waals surface area contributed by atoms with Crippen molar-refractivity contribution in [1.82, 2.24) is 20.3 Å². The number of nitrogens with one attached hydrogen (secondary N) is 1. The van der Waals surface area contributed by atoms with Crippen LogP contribution in [0.4, 0.5) is 17.5 Å². The van der Waals surface area contributed by atoms with Gasteiger partial charge in [0.25, 0.3) is 0 Å². The molecule has 1 N–H and O–H groups in total. The Kier molecular flexibility index (Phi) is 6.55. The first-order chi connectivity index (χ1) is 18.3. The van der Waals surface area contributed by atoms with E-state index in [4.69, 9.17) is 9.97 Å². The van der Waals surface area contributed by atoms with Crippen molar-refractivity contribution in [2.45, 2.75) is 32.2 Å². The minimum absolute atomic E-state index is 0.742. The maximum absolute atomic E-state index is 5.18. The first-order valence-electron chi connectivity index (χ1n) is 13.2. The summed E-state index contributed by atoms with van der Waals surface area (Å²) in [4.78, 5) is 19.3. The molecule has 0 bridgehead atoms. The lowest BCUT2D eigenvalue weighted by atomic mass is 10.0. The van der Waals surface area contributed by atoms with E-state index in [1.807, 2.05) is 24.5 Å². The molecule has 2 aliphatic rings. The lowest BCUT2D eigenvalue weighted by molar-refractivity contribution is 0.568. The number of rotatable bonds is 7. The zero-order valence-electron chi connectivity index (χ0n) is 21.1. The van der Waals surface area contributed by atoms with Gasteiger partial charge in [0.05, 0.1) is 17.6 Å². The average molecular weight is 489 g/mol. The van der Waals surface area contributed by atoms with E-state index in [-0.39, 0.29) is 0 Å². The molecule has 2 aromatic heterocycles. The molecule has 0 unspecified atom stereocenters. The molecule has 4 aromatic rings. The van der Waals surface area contributed by atoms with Gasteiger partial charge < -0.3 is 15.1 Å². The van der Waals surface area contributed by atoms with E-state index in [2.05, 4.69) is 81.3 Å². The van der Waals surface area contributed by atoms with Crippen LogP contribution >= 0.6 is 0 Å². The van der Waals surface area contributed by atoms with Crippen molar-refractivity contribution >= 4 is 23.2 Å². The van der Waals surface area contributed by atoms with Crippen LogP contribution in [-0.2, 0) is 13.0 Å². The van der Waals surface area contributed by atoms with Gasteiger partial charge >= 0.3 is 0 Å². The molecule has 0 radical (unpaired) electrons. The molecule has 6 nitrogen and oxygen atoms in total. The van der Waals surface area contributed by atoms with Crippen LogP contribution in [0, 0.1) is 0 Å². The van der Waals surface area contributed by atoms with Gasteiger partial charge in [0.15, 0.2) is 0 Å². The molecule has 4 heterocycles. The fourth-order valence-electron chi connectivity index (χ4n) is 5.24. The lowest BCUT2D eigenvalue weighted by Crippen LogP contribution is -2.31. The van der Waals surface area contributed by atoms with Gasteiger partial charge in [-0.25, -0.2) is 4.98 Å². The smallest absolute Gasteiger partial charge is 0.227 e. The van der Waals surface area contributed by atoms with Crippen LogP contribution in [0.15, 0.2) is 85.7 Å².